The molecule has 0 spiro atoms. The molecule has 1 amide bonds. The van der Waals surface area contributed by atoms with Crippen LogP contribution in [0.5, 0.6) is 5.75 Å². The van der Waals surface area contributed by atoms with E-state index < -0.39 is 0 Å². The molecule has 1 aliphatic heterocycles. The molecule has 1 aromatic rings. The van der Waals surface area contributed by atoms with Crippen molar-refractivity contribution in [1.29, 1.82) is 0 Å². The highest BCUT2D eigenvalue weighted by molar-refractivity contribution is 8.26. The Bertz CT molecular complexity index is 655. The van der Waals surface area contributed by atoms with Gasteiger partial charge < -0.3 is 9.47 Å². The van der Waals surface area contributed by atoms with Crippen molar-refractivity contribution in [3.8, 4) is 5.75 Å². The summed E-state index contributed by atoms with van der Waals surface area (Å²) in [6.07, 6.45) is 2.62. The van der Waals surface area contributed by atoms with Crippen LogP contribution in [0.4, 0.5) is 0 Å². The number of hydrogen-bond donors (Lipinski definition) is 0. The Labute approximate surface area is 151 Å². The minimum Gasteiger partial charge on any atom is -0.497 e. The fourth-order valence-corrected chi connectivity index (χ4v) is 3.47. The van der Waals surface area contributed by atoms with Gasteiger partial charge in [-0.1, -0.05) is 36.1 Å². The first kappa shape index (κ1) is 18.5. The molecule has 1 aliphatic rings. The van der Waals surface area contributed by atoms with Crippen molar-refractivity contribution < 1.29 is 19.1 Å². The van der Waals surface area contributed by atoms with Gasteiger partial charge in [-0.15, -0.1) is 0 Å². The molecule has 0 aromatic heterocycles. The zero-order chi connectivity index (χ0) is 17.5. The average Bonchev–Trinajstić information content (AvgIpc) is 2.83. The highest BCUT2D eigenvalue weighted by atomic mass is 32.2. The summed E-state index contributed by atoms with van der Waals surface area (Å²) in [6.45, 7) is 2.55. The van der Waals surface area contributed by atoms with E-state index in [1.54, 1.807) is 14.0 Å². The molecule has 5 nitrogen and oxygen atoms in total. The van der Waals surface area contributed by atoms with Gasteiger partial charge in [0.05, 0.1) is 18.6 Å². The van der Waals surface area contributed by atoms with Crippen LogP contribution in [-0.4, -0.2) is 41.4 Å². The average molecular weight is 365 g/mol. The summed E-state index contributed by atoms with van der Waals surface area (Å²) < 4.78 is 10.5. The van der Waals surface area contributed by atoms with E-state index in [0.29, 0.717) is 28.8 Å². The van der Waals surface area contributed by atoms with Gasteiger partial charge in [0.2, 0.25) is 0 Å². The summed E-state index contributed by atoms with van der Waals surface area (Å²) in [6, 6.07) is 7.44. The normalized spacial score (nSPS) is 15.9. The molecule has 1 heterocycles. The molecule has 24 heavy (non-hydrogen) atoms. The van der Waals surface area contributed by atoms with Crippen molar-refractivity contribution in [2.24, 2.45) is 0 Å². The molecule has 0 radical (unpaired) electrons. The Morgan fingerprint density at radius 2 is 2.04 bits per heavy atom. The van der Waals surface area contributed by atoms with Gasteiger partial charge in [0.25, 0.3) is 5.91 Å². The van der Waals surface area contributed by atoms with E-state index in [0.717, 1.165) is 11.3 Å². The number of carbonyl (C=O) groups is 2. The molecule has 0 atom stereocenters. The molecule has 128 valence electrons. The number of thioether (sulfide) groups is 1. The topological polar surface area (TPSA) is 55.8 Å². The van der Waals surface area contributed by atoms with E-state index in [9.17, 15) is 9.59 Å². The monoisotopic (exact) mass is 365 g/mol. The smallest absolute Gasteiger partial charge is 0.305 e. The molecular formula is C17H19NO4S2. The number of amides is 1. The van der Waals surface area contributed by atoms with Crippen LogP contribution in [0.15, 0.2) is 29.2 Å². The number of thiocarbonyl (C=S) groups is 1. The third-order valence-electron chi connectivity index (χ3n) is 3.36. The minimum atomic E-state index is -0.253. The number of rotatable bonds is 7. The zero-order valence-electron chi connectivity index (χ0n) is 13.6. The Morgan fingerprint density at radius 1 is 1.33 bits per heavy atom. The maximum Gasteiger partial charge on any atom is 0.305 e. The van der Waals surface area contributed by atoms with E-state index >= 15 is 0 Å². The predicted octanol–water partition coefficient (Wildman–Crippen LogP) is 3.24. The minimum absolute atomic E-state index is 0.121. The van der Waals surface area contributed by atoms with Crippen molar-refractivity contribution in [3.63, 3.8) is 0 Å². The SMILES string of the molecule is CCOC(=O)CCCN1C(=O)C(=Cc2ccc(OC)cc2)SC1=S. The molecule has 2 rings (SSSR count). The Morgan fingerprint density at radius 3 is 2.67 bits per heavy atom. The summed E-state index contributed by atoms with van der Waals surface area (Å²) in [5.41, 5.74) is 0.905. The Balaban J connectivity index is 1.97. The summed E-state index contributed by atoms with van der Waals surface area (Å²) in [4.78, 5) is 25.9. The molecule has 1 fully saturated rings. The fraction of sp³-hybridized carbons (Fsp3) is 0.353. The lowest BCUT2D eigenvalue weighted by Crippen LogP contribution is -2.29. The number of esters is 1. The molecular weight excluding hydrogens is 346 g/mol. The lowest BCUT2D eigenvalue weighted by Gasteiger charge is -2.13. The summed E-state index contributed by atoms with van der Waals surface area (Å²) in [5.74, 6) is 0.389. The number of methoxy groups -OCH3 is 1. The van der Waals surface area contributed by atoms with E-state index in [-0.39, 0.29) is 18.3 Å². The highest BCUT2D eigenvalue weighted by Crippen LogP contribution is 2.32. The number of hydrogen-bond acceptors (Lipinski definition) is 6. The predicted molar refractivity (Wildman–Crippen MR) is 98.7 cm³/mol. The standard InChI is InChI=1S/C17H19NO4S2/c1-3-22-15(19)5-4-10-18-16(20)14(24-17(18)23)11-12-6-8-13(21-2)9-7-12/h6-9,11H,3-5,10H2,1-2H3. The largest absolute Gasteiger partial charge is 0.497 e. The van der Waals surface area contributed by atoms with Crippen LogP contribution in [0, 0.1) is 0 Å². The van der Waals surface area contributed by atoms with Crippen LogP contribution in [0.2, 0.25) is 0 Å². The van der Waals surface area contributed by atoms with Crippen LogP contribution in [0.3, 0.4) is 0 Å². The van der Waals surface area contributed by atoms with Gasteiger partial charge >= 0.3 is 5.97 Å². The van der Waals surface area contributed by atoms with Crippen molar-refractivity contribution in [2.75, 3.05) is 20.3 Å². The molecule has 0 N–H and O–H groups in total. The van der Waals surface area contributed by atoms with Gasteiger partial charge in [-0.2, -0.15) is 0 Å². The van der Waals surface area contributed by atoms with E-state index in [4.69, 9.17) is 21.7 Å². The van der Waals surface area contributed by atoms with Crippen LogP contribution >= 0.6 is 24.0 Å². The first-order valence-corrected chi connectivity index (χ1v) is 8.82. The summed E-state index contributed by atoms with van der Waals surface area (Å²) >= 11 is 6.55. The quantitative estimate of drug-likeness (QED) is 0.420. The van der Waals surface area contributed by atoms with Crippen molar-refractivity contribution in [3.05, 3.63) is 34.7 Å². The summed E-state index contributed by atoms with van der Waals surface area (Å²) in [7, 11) is 1.61. The van der Waals surface area contributed by atoms with Crippen molar-refractivity contribution >= 4 is 46.3 Å². The second kappa shape index (κ2) is 8.84. The highest BCUT2D eigenvalue weighted by Gasteiger charge is 2.31. The first-order valence-electron chi connectivity index (χ1n) is 7.60. The maximum absolute atomic E-state index is 12.5. The van der Waals surface area contributed by atoms with Crippen molar-refractivity contribution in [1.82, 2.24) is 4.90 Å². The Kier molecular flexibility index (Phi) is 6.81. The summed E-state index contributed by atoms with van der Waals surface area (Å²) in [5, 5.41) is 0. The molecule has 1 saturated heterocycles. The van der Waals surface area contributed by atoms with Gasteiger partial charge in [-0.25, -0.2) is 0 Å². The fourth-order valence-electron chi connectivity index (χ4n) is 2.16. The second-order valence-corrected chi connectivity index (χ2v) is 6.69. The van der Waals surface area contributed by atoms with Crippen LogP contribution in [-0.2, 0) is 14.3 Å². The lowest BCUT2D eigenvalue weighted by atomic mass is 10.2. The van der Waals surface area contributed by atoms with Gasteiger partial charge in [0.1, 0.15) is 10.1 Å². The third-order valence-corrected chi connectivity index (χ3v) is 4.73. The van der Waals surface area contributed by atoms with Gasteiger partial charge in [-0.05, 0) is 37.1 Å². The van der Waals surface area contributed by atoms with Gasteiger partial charge in [0.15, 0.2) is 0 Å². The van der Waals surface area contributed by atoms with E-state index in [1.165, 1.54) is 16.7 Å². The van der Waals surface area contributed by atoms with E-state index in [1.807, 2.05) is 30.3 Å². The van der Waals surface area contributed by atoms with Gasteiger partial charge in [0, 0.05) is 13.0 Å². The van der Waals surface area contributed by atoms with Gasteiger partial charge in [-0.3, -0.25) is 14.5 Å². The molecule has 0 aliphatic carbocycles. The number of benzene rings is 1. The molecule has 0 unspecified atom stereocenters. The third kappa shape index (κ3) is 4.82. The molecule has 7 heteroatoms. The van der Waals surface area contributed by atoms with Crippen LogP contribution < -0.4 is 4.74 Å². The molecule has 0 bridgehead atoms. The van der Waals surface area contributed by atoms with Crippen molar-refractivity contribution in [2.45, 2.75) is 19.8 Å². The van der Waals surface area contributed by atoms with Crippen LogP contribution in [0.1, 0.15) is 25.3 Å². The molecule has 0 saturated carbocycles. The number of nitrogens with zero attached hydrogens (tertiary/aromatic N) is 1. The maximum atomic E-state index is 12.5. The first-order chi connectivity index (χ1) is 11.5. The molecule has 1 aromatic carbocycles. The lowest BCUT2D eigenvalue weighted by molar-refractivity contribution is -0.143. The van der Waals surface area contributed by atoms with Crippen LogP contribution in [0.25, 0.3) is 6.08 Å². The zero-order valence-corrected chi connectivity index (χ0v) is 15.2. The van der Waals surface area contributed by atoms with E-state index in [2.05, 4.69) is 0 Å². The Hall–Kier alpha value is -1.86. The number of carbonyl (C=O) groups excluding carboxylic acids is 2. The number of ether oxygens (including phenoxy) is 2. The second-order valence-electron chi connectivity index (χ2n) is 5.02.